The van der Waals surface area contributed by atoms with Crippen molar-refractivity contribution < 1.29 is 8.53 Å². The summed E-state index contributed by atoms with van der Waals surface area (Å²) in [5, 5.41) is 2.67. The van der Waals surface area contributed by atoms with Gasteiger partial charge in [-0.1, -0.05) is 89.6 Å². The number of rotatable bonds is 15. The van der Waals surface area contributed by atoms with Gasteiger partial charge in [-0.15, -0.1) is 0 Å². The lowest BCUT2D eigenvalue weighted by Gasteiger charge is -2.21. The Balaban J connectivity index is 3.97. The van der Waals surface area contributed by atoms with Crippen molar-refractivity contribution in [1.29, 1.82) is 0 Å². The van der Waals surface area contributed by atoms with Gasteiger partial charge in [0.15, 0.2) is 0 Å². The smallest absolute Gasteiger partial charge is 0.462 e. The van der Waals surface area contributed by atoms with Crippen LogP contribution in [0.15, 0.2) is 0 Å². The van der Waals surface area contributed by atoms with Crippen LogP contribution in [-0.2, 0) is 8.53 Å². The van der Waals surface area contributed by atoms with Gasteiger partial charge in [0.05, 0.1) is 6.61 Å². The fourth-order valence-corrected chi connectivity index (χ4v) is 5.19. The maximum Gasteiger partial charge on any atom is 0.462 e. The van der Waals surface area contributed by atoms with Crippen LogP contribution in [-0.4, -0.2) is 27.4 Å². The minimum absolute atomic E-state index is 0.00131. The molecule has 0 amide bonds. The van der Waals surface area contributed by atoms with Crippen molar-refractivity contribution in [2.45, 2.75) is 103 Å². The molecule has 126 valence electrons. The summed E-state index contributed by atoms with van der Waals surface area (Å²) in [6.07, 6.45) is 10.8. The second-order valence-electron chi connectivity index (χ2n) is 6.75. The lowest BCUT2D eigenvalue weighted by molar-refractivity contribution is -0.0787. The maximum absolute atomic E-state index is 6.28. The maximum atomic E-state index is 6.28. The standard InChI is InChI=1S/C6H13O2.2C6H13.Al/c1-5(2)4-8-6(3)7;2*1-3-5-6-4-2;/h5-6H,4H2,1-3H3;2*1,3-6H2,2H3;/q-1;;;+1. The van der Waals surface area contributed by atoms with Crippen molar-refractivity contribution in [1.82, 2.24) is 0 Å². The fourth-order valence-electron chi connectivity index (χ4n) is 2.52. The van der Waals surface area contributed by atoms with E-state index >= 15 is 0 Å². The molecular weight excluding hydrogens is 275 g/mol. The van der Waals surface area contributed by atoms with Gasteiger partial charge in [0.25, 0.3) is 0 Å². The molecule has 0 N–H and O–H groups in total. The first-order chi connectivity index (χ1) is 10.1. The zero-order valence-corrected chi connectivity index (χ0v) is 16.5. The van der Waals surface area contributed by atoms with E-state index < -0.39 is 14.5 Å². The zero-order valence-electron chi connectivity index (χ0n) is 15.3. The van der Waals surface area contributed by atoms with Gasteiger partial charge in [0, 0.05) is 0 Å². The Morgan fingerprint density at radius 2 is 1.29 bits per heavy atom. The highest BCUT2D eigenvalue weighted by atomic mass is 27.2. The second kappa shape index (κ2) is 15.4. The van der Waals surface area contributed by atoms with Crippen LogP contribution in [0.1, 0.15) is 86.0 Å². The third-order valence-corrected chi connectivity index (χ3v) is 6.68. The van der Waals surface area contributed by atoms with Crippen LogP contribution in [0.2, 0.25) is 10.6 Å². The third-order valence-electron chi connectivity index (χ3n) is 3.81. The normalized spacial score (nSPS) is 12.9. The molecule has 0 aromatic rings. The first-order valence-corrected chi connectivity index (χ1v) is 11.5. The molecule has 0 saturated carbocycles. The summed E-state index contributed by atoms with van der Waals surface area (Å²) < 4.78 is 12.1. The van der Waals surface area contributed by atoms with E-state index in [9.17, 15) is 0 Å². The summed E-state index contributed by atoms with van der Waals surface area (Å²) in [5.41, 5.74) is 0. The van der Waals surface area contributed by atoms with Crippen LogP contribution in [0, 0.1) is 5.92 Å². The van der Waals surface area contributed by atoms with Crippen LogP contribution in [0.5, 0.6) is 0 Å². The van der Waals surface area contributed by atoms with E-state index in [-0.39, 0.29) is 6.29 Å². The molecular formula is C18H39AlO2. The Bertz CT molecular complexity index is 197. The van der Waals surface area contributed by atoms with Crippen molar-refractivity contribution in [3.05, 3.63) is 0 Å². The molecule has 0 radical (unpaired) electrons. The Hall–Kier alpha value is 0.452. The lowest BCUT2D eigenvalue weighted by Crippen LogP contribution is -2.27. The van der Waals surface area contributed by atoms with Crippen molar-refractivity contribution in [3.8, 4) is 0 Å². The largest absolute Gasteiger partial charge is 0.478 e. The molecule has 0 fully saturated rings. The summed E-state index contributed by atoms with van der Waals surface area (Å²) >= 11 is -1.06. The van der Waals surface area contributed by atoms with E-state index in [4.69, 9.17) is 8.53 Å². The predicted octanol–water partition coefficient (Wildman–Crippen LogP) is 6.17. The average molecular weight is 314 g/mol. The number of hydrogen-bond acceptors (Lipinski definition) is 2. The Morgan fingerprint density at radius 3 is 1.71 bits per heavy atom. The van der Waals surface area contributed by atoms with E-state index in [1.165, 1.54) is 61.9 Å². The van der Waals surface area contributed by atoms with Crippen LogP contribution in [0.25, 0.3) is 0 Å². The van der Waals surface area contributed by atoms with E-state index in [0.29, 0.717) is 5.92 Å². The molecule has 1 atom stereocenters. The second-order valence-corrected chi connectivity index (χ2v) is 9.42. The van der Waals surface area contributed by atoms with Crippen LogP contribution in [0.3, 0.4) is 0 Å². The SMILES string of the molecule is CCCCC[CH2][Al]([CH2]CCCCC)[O]C(C)OCC(C)C. The van der Waals surface area contributed by atoms with E-state index in [1.807, 2.05) is 0 Å². The molecule has 3 heteroatoms. The first kappa shape index (κ1) is 21.5. The monoisotopic (exact) mass is 314 g/mol. The van der Waals surface area contributed by atoms with Crippen molar-refractivity contribution in [3.63, 3.8) is 0 Å². The molecule has 0 saturated heterocycles. The van der Waals surface area contributed by atoms with Gasteiger partial charge < -0.3 is 8.53 Å². The van der Waals surface area contributed by atoms with Gasteiger partial charge >= 0.3 is 14.5 Å². The zero-order chi connectivity index (χ0) is 15.9. The molecule has 0 aliphatic rings. The van der Waals surface area contributed by atoms with Crippen molar-refractivity contribution >= 4 is 14.5 Å². The van der Waals surface area contributed by atoms with Gasteiger partial charge in [-0.05, 0) is 12.8 Å². The van der Waals surface area contributed by atoms with Gasteiger partial charge in [0.1, 0.15) is 6.29 Å². The highest BCUT2D eigenvalue weighted by Gasteiger charge is 2.22. The number of unbranched alkanes of at least 4 members (excludes halogenated alkanes) is 6. The molecule has 0 aliphatic heterocycles. The van der Waals surface area contributed by atoms with E-state index in [0.717, 1.165) is 6.61 Å². The fraction of sp³-hybridized carbons (Fsp3) is 1.00. The molecule has 21 heavy (non-hydrogen) atoms. The summed E-state index contributed by atoms with van der Waals surface area (Å²) in [5.74, 6) is 0.588. The van der Waals surface area contributed by atoms with E-state index in [2.05, 4.69) is 34.6 Å². The summed E-state index contributed by atoms with van der Waals surface area (Å²) in [6.45, 7) is 11.8. The van der Waals surface area contributed by atoms with Gasteiger partial charge in [0.2, 0.25) is 0 Å². The highest BCUT2D eigenvalue weighted by molar-refractivity contribution is 6.51. The molecule has 0 rings (SSSR count). The predicted molar refractivity (Wildman–Crippen MR) is 95.0 cm³/mol. The van der Waals surface area contributed by atoms with Crippen molar-refractivity contribution in [2.75, 3.05) is 6.61 Å². The Labute approximate surface area is 138 Å². The van der Waals surface area contributed by atoms with Crippen LogP contribution < -0.4 is 0 Å². The van der Waals surface area contributed by atoms with Gasteiger partial charge in [-0.3, -0.25) is 0 Å². The molecule has 0 aromatic carbocycles. The van der Waals surface area contributed by atoms with E-state index in [1.54, 1.807) is 0 Å². The highest BCUT2D eigenvalue weighted by Crippen LogP contribution is 2.16. The lowest BCUT2D eigenvalue weighted by atomic mass is 10.2. The minimum atomic E-state index is -1.06. The quantitative estimate of drug-likeness (QED) is 0.204. The summed E-state index contributed by atoms with van der Waals surface area (Å²) in [7, 11) is 0. The summed E-state index contributed by atoms with van der Waals surface area (Å²) in [6, 6.07) is 0. The Kier molecular flexibility index (Phi) is 15.7. The molecule has 0 spiro atoms. The number of ether oxygens (including phenoxy) is 1. The number of hydrogen-bond donors (Lipinski definition) is 0. The van der Waals surface area contributed by atoms with Crippen molar-refractivity contribution in [2.24, 2.45) is 5.92 Å². The molecule has 0 aliphatic carbocycles. The van der Waals surface area contributed by atoms with Crippen LogP contribution >= 0.6 is 0 Å². The average Bonchev–Trinajstić information content (AvgIpc) is 2.45. The van der Waals surface area contributed by atoms with Gasteiger partial charge in [-0.2, -0.15) is 0 Å². The first-order valence-electron chi connectivity index (χ1n) is 9.37. The minimum Gasteiger partial charge on any atom is -0.478 e. The van der Waals surface area contributed by atoms with Crippen LogP contribution in [0.4, 0.5) is 0 Å². The Morgan fingerprint density at radius 1 is 0.762 bits per heavy atom. The molecule has 2 nitrogen and oxygen atoms in total. The summed E-state index contributed by atoms with van der Waals surface area (Å²) in [4.78, 5) is 0. The third kappa shape index (κ3) is 15.1. The molecule has 0 heterocycles. The van der Waals surface area contributed by atoms with Gasteiger partial charge in [-0.25, -0.2) is 0 Å². The molecule has 0 bridgehead atoms. The topological polar surface area (TPSA) is 18.5 Å². The molecule has 0 aromatic heterocycles. The molecule has 1 unspecified atom stereocenters.